The minimum absolute atomic E-state index is 0.0536. The van der Waals surface area contributed by atoms with Crippen LogP contribution in [0.3, 0.4) is 0 Å². The molecular formula is C14H28FNO4. The molecule has 0 aromatic heterocycles. The molecule has 0 aromatic rings. The lowest BCUT2D eigenvalue weighted by Gasteiger charge is -2.24. The molecule has 0 saturated carbocycles. The van der Waals surface area contributed by atoms with Gasteiger partial charge in [0.25, 0.3) is 0 Å². The minimum atomic E-state index is -1.53. The molecule has 0 unspecified atom stereocenters. The van der Waals surface area contributed by atoms with Gasteiger partial charge in [-0.1, -0.05) is 31.8 Å². The SMILES string of the molecule is CCCCOC[C@@H](O)[C@@H](OCCCC)[C@H](F)C=NOC. The number of aliphatic hydroxyl groups excluding tert-OH is 1. The average molecular weight is 293 g/mol. The van der Waals surface area contributed by atoms with Crippen LogP contribution in [0, 0.1) is 0 Å². The molecule has 3 atom stereocenters. The molecule has 0 aliphatic heterocycles. The Morgan fingerprint density at radius 2 is 1.85 bits per heavy atom. The van der Waals surface area contributed by atoms with Crippen molar-refractivity contribution in [1.29, 1.82) is 0 Å². The van der Waals surface area contributed by atoms with Crippen molar-refractivity contribution in [3.63, 3.8) is 0 Å². The molecule has 0 aliphatic carbocycles. The lowest BCUT2D eigenvalue weighted by molar-refractivity contribution is -0.0899. The second-order valence-corrected chi connectivity index (χ2v) is 4.57. The second-order valence-electron chi connectivity index (χ2n) is 4.57. The van der Waals surface area contributed by atoms with E-state index in [0.29, 0.717) is 13.2 Å². The summed E-state index contributed by atoms with van der Waals surface area (Å²) in [5, 5.41) is 13.4. The summed E-state index contributed by atoms with van der Waals surface area (Å²) in [7, 11) is 1.33. The van der Waals surface area contributed by atoms with Crippen LogP contribution in [-0.2, 0) is 14.3 Å². The van der Waals surface area contributed by atoms with Gasteiger partial charge >= 0.3 is 0 Å². The van der Waals surface area contributed by atoms with E-state index in [2.05, 4.69) is 16.9 Å². The van der Waals surface area contributed by atoms with Gasteiger partial charge in [0, 0.05) is 13.2 Å². The van der Waals surface area contributed by atoms with E-state index in [0.717, 1.165) is 31.9 Å². The van der Waals surface area contributed by atoms with Gasteiger partial charge in [0.15, 0.2) is 6.17 Å². The zero-order valence-corrected chi connectivity index (χ0v) is 12.8. The van der Waals surface area contributed by atoms with E-state index in [1.165, 1.54) is 7.11 Å². The molecule has 6 heteroatoms. The van der Waals surface area contributed by atoms with Gasteiger partial charge in [-0.3, -0.25) is 0 Å². The molecule has 120 valence electrons. The fourth-order valence-electron chi connectivity index (χ4n) is 1.53. The van der Waals surface area contributed by atoms with Crippen LogP contribution in [0.25, 0.3) is 0 Å². The number of oxime groups is 1. The largest absolute Gasteiger partial charge is 0.399 e. The molecular weight excluding hydrogens is 265 g/mol. The number of aliphatic hydroxyl groups is 1. The summed E-state index contributed by atoms with van der Waals surface area (Å²) in [6.07, 6.45) is 1.14. The first-order chi connectivity index (χ1) is 9.67. The van der Waals surface area contributed by atoms with E-state index in [-0.39, 0.29) is 6.61 Å². The Bertz CT molecular complexity index is 241. The smallest absolute Gasteiger partial charge is 0.167 e. The van der Waals surface area contributed by atoms with Crippen LogP contribution in [0.1, 0.15) is 39.5 Å². The molecule has 5 nitrogen and oxygen atoms in total. The van der Waals surface area contributed by atoms with Crippen LogP contribution < -0.4 is 0 Å². The third-order valence-corrected chi connectivity index (χ3v) is 2.74. The summed E-state index contributed by atoms with van der Waals surface area (Å²) >= 11 is 0. The van der Waals surface area contributed by atoms with E-state index in [1.54, 1.807) is 0 Å². The van der Waals surface area contributed by atoms with Crippen molar-refractivity contribution in [3.05, 3.63) is 0 Å². The normalized spacial score (nSPS) is 16.2. The molecule has 0 amide bonds. The number of nitrogens with zero attached hydrogens (tertiary/aromatic N) is 1. The Balaban J connectivity index is 4.28. The second kappa shape index (κ2) is 13.3. The van der Waals surface area contributed by atoms with E-state index in [4.69, 9.17) is 9.47 Å². The number of hydrogen-bond acceptors (Lipinski definition) is 5. The molecule has 0 saturated heterocycles. The maximum Gasteiger partial charge on any atom is 0.167 e. The van der Waals surface area contributed by atoms with E-state index < -0.39 is 18.4 Å². The lowest BCUT2D eigenvalue weighted by atomic mass is 10.1. The zero-order chi connectivity index (χ0) is 15.2. The minimum Gasteiger partial charge on any atom is -0.399 e. The topological polar surface area (TPSA) is 60.3 Å². The monoisotopic (exact) mass is 293 g/mol. The van der Waals surface area contributed by atoms with Crippen molar-refractivity contribution in [2.75, 3.05) is 26.9 Å². The Hall–Kier alpha value is -0.720. The predicted octanol–water partition coefficient (Wildman–Crippen LogP) is 2.32. The summed E-state index contributed by atoms with van der Waals surface area (Å²) < 4.78 is 24.7. The van der Waals surface area contributed by atoms with Gasteiger partial charge in [0.2, 0.25) is 0 Å². The van der Waals surface area contributed by atoms with Crippen LogP contribution in [0.5, 0.6) is 0 Å². The van der Waals surface area contributed by atoms with Crippen molar-refractivity contribution in [3.8, 4) is 0 Å². The maximum absolute atomic E-state index is 13.9. The third kappa shape index (κ3) is 9.23. The summed E-state index contributed by atoms with van der Waals surface area (Å²) in [6.45, 7) is 5.07. The van der Waals surface area contributed by atoms with Crippen molar-refractivity contribution in [2.24, 2.45) is 5.16 Å². The van der Waals surface area contributed by atoms with Gasteiger partial charge in [0.05, 0.1) is 12.8 Å². The number of hydrogen-bond donors (Lipinski definition) is 1. The molecule has 0 heterocycles. The van der Waals surface area contributed by atoms with Crippen LogP contribution in [0.2, 0.25) is 0 Å². The maximum atomic E-state index is 13.9. The Labute approximate surface area is 121 Å². The number of rotatable bonds is 13. The first-order valence-electron chi connectivity index (χ1n) is 7.25. The average Bonchev–Trinajstić information content (AvgIpc) is 2.45. The molecule has 20 heavy (non-hydrogen) atoms. The summed E-state index contributed by atoms with van der Waals surface area (Å²) in [5.41, 5.74) is 0. The van der Waals surface area contributed by atoms with Crippen molar-refractivity contribution in [1.82, 2.24) is 0 Å². The quantitative estimate of drug-likeness (QED) is 0.322. The molecule has 0 fully saturated rings. The highest BCUT2D eigenvalue weighted by molar-refractivity contribution is 5.63. The number of ether oxygens (including phenoxy) is 2. The predicted molar refractivity (Wildman–Crippen MR) is 76.8 cm³/mol. The number of halogens is 1. The molecule has 0 aliphatic rings. The summed E-state index contributed by atoms with van der Waals surface area (Å²) in [5.74, 6) is 0. The molecule has 0 radical (unpaired) electrons. The van der Waals surface area contributed by atoms with Gasteiger partial charge in [-0.05, 0) is 12.8 Å². The van der Waals surface area contributed by atoms with Gasteiger partial charge in [-0.2, -0.15) is 0 Å². The zero-order valence-electron chi connectivity index (χ0n) is 12.8. The van der Waals surface area contributed by atoms with Crippen LogP contribution in [-0.4, -0.2) is 56.6 Å². The van der Waals surface area contributed by atoms with Gasteiger partial charge in [-0.15, -0.1) is 0 Å². The van der Waals surface area contributed by atoms with Crippen LogP contribution >= 0.6 is 0 Å². The summed E-state index contributed by atoms with van der Waals surface area (Å²) in [6, 6.07) is 0. The fourth-order valence-corrected chi connectivity index (χ4v) is 1.53. The third-order valence-electron chi connectivity index (χ3n) is 2.74. The van der Waals surface area contributed by atoms with Crippen molar-refractivity contribution in [2.45, 2.75) is 57.9 Å². The highest BCUT2D eigenvalue weighted by Crippen LogP contribution is 2.10. The van der Waals surface area contributed by atoms with Crippen molar-refractivity contribution < 1.29 is 23.8 Å². The van der Waals surface area contributed by atoms with Crippen LogP contribution in [0.4, 0.5) is 4.39 Å². The highest BCUT2D eigenvalue weighted by atomic mass is 19.1. The number of unbranched alkanes of at least 4 members (excludes halogenated alkanes) is 2. The van der Waals surface area contributed by atoms with E-state index in [9.17, 15) is 9.50 Å². The lowest BCUT2D eigenvalue weighted by Crippen LogP contribution is -2.41. The first kappa shape index (κ1) is 19.3. The first-order valence-corrected chi connectivity index (χ1v) is 7.25. The fraction of sp³-hybridized carbons (Fsp3) is 0.929. The molecule has 0 aromatic carbocycles. The van der Waals surface area contributed by atoms with Gasteiger partial charge in [0.1, 0.15) is 19.3 Å². The molecule has 0 rings (SSSR count). The highest BCUT2D eigenvalue weighted by Gasteiger charge is 2.28. The molecule has 0 spiro atoms. The Kier molecular flexibility index (Phi) is 12.8. The molecule has 0 bridgehead atoms. The molecule has 1 N–H and O–H groups in total. The van der Waals surface area contributed by atoms with E-state index >= 15 is 0 Å². The van der Waals surface area contributed by atoms with Gasteiger partial charge < -0.3 is 19.4 Å². The summed E-state index contributed by atoms with van der Waals surface area (Å²) in [4.78, 5) is 4.44. The van der Waals surface area contributed by atoms with Crippen LogP contribution in [0.15, 0.2) is 5.16 Å². The Morgan fingerprint density at radius 1 is 1.20 bits per heavy atom. The number of alkyl halides is 1. The van der Waals surface area contributed by atoms with Gasteiger partial charge in [-0.25, -0.2) is 4.39 Å². The Morgan fingerprint density at radius 3 is 2.45 bits per heavy atom. The van der Waals surface area contributed by atoms with E-state index in [1.807, 2.05) is 6.92 Å². The standard InChI is InChI=1S/C14H28FNO4/c1-4-6-8-19-11-13(17)14(20-9-7-5-2)12(15)10-16-18-3/h10,12-14,17H,4-9,11H2,1-3H3/t12-,13-,14+/m1/s1. The van der Waals surface area contributed by atoms with Crippen molar-refractivity contribution >= 4 is 6.21 Å².